The highest BCUT2D eigenvalue weighted by atomic mass is 16.5. The first kappa shape index (κ1) is 12.0. The standard InChI is InChI=1S/C11H24N2O/c1-2-3-4-6-12-7-5-11-10-13-8-9-14-11/h11-13H,2-10H2,1H3. The van der Waals surface area contributed by atoms with Gasteiger partial charge in [0.05, 0.1) is 12.7 Å². The molecule has 1 saturated heterocycles. The Labute approximate surface area is 87.6 Å². The van der Waals surface area contributed by atoms with Crippen molar-refractivity contribution in [1.29, 1.82) is 0 Å². The molecule has 0 aromatic carbocycles. The molecule has 0 amide bonds. The van der Waals surface area contributed by atoms with Crippen molar-refractivity contribution in [2.75, 3.05) is 32.8 Å². The first-order valence-electron chi connectivity index (χ1n) is 5.96. The van der Waals surface area contributed by atoms with Crippen LogP contribution >= 0.6 is 0 Å². The zero-order valence-corrected chi connectivity index (χ0v) is 9.35. The Balaban J connectivity index is 1.82. The van der Waals surface area contributed by atoms with Crippen LogP contribution < -0.4 is 10.6 Å². The Morgan fingerprint density at radius 2 is 2.29 bits per heavy atom. The third-order valence-corrected chi connectivity index (χ3v) is 2.60. The molecule has 0 spiro atoms. The van der Waals surface area contributed by atoms with Crippen LogP contribution in [0.2, 0.25) is 0 Å². The maximum absolute atomic E-state index is 5.60. The van der Waals surface area contributed by atoms with Gasteiger partial charge in [-0.05, 0) is 25.9 Å². The normalized spacial score (nSPS) is 22.5. The highest BCUT2D eigenvalue weighted by Gasteiger charge is 2.11. The van der Waals surface area contributed by atoms with Gasteiger partial charge in [0.15, 0.2) is 0 Å². The molecular weight excluding hydrogens is 176 g/mol. The fourth-order valence-electron chi connectivity index (χ4n) is 1.69. The van der Waals surface area contributed by atoms with E-state index in [4.69, 9.17) is 4.74 Å². The monoisotopic (exact) mass is 200 g/mol. The third-order valence-electron chi connectivity index (χ3n) is 2.60. The van der Waals surface area contributed by atoms with Gasteiger partial charge in [-0.2, -0.15) is 0 Å². The van der Waals surface area contributed by atoms with Crippen LogP contribution in [0.3, 0.4) is 0 Å². The molecule has 3 heteroatoms. The largest absolute Gasteiger partial charge is 0.376 e. The molecule has 1 aliphatic heterocycles. The minimum Gasteiger partial charge on any atom is -0.376 e. The van der Waals surface area contributed by atoms with Gasteiger partial charge in [0, 0.05) is 13.1 Å². The Hall–Kier alpha value is -0.120. The molecule has 14 heavy (non-hydrogen) atoms. The second-order valence-electron chi connectivity index (χ2n) is 3.94. The SMILES string of the molecule is CCCCCNCCC1CNCCO1. The minimum atomic E-state index is 0.433. The highest BCUT2D eigenvalue weighted by molar-refractivity contribution is 4.67. The summed E-state index contributed by atoms with van der Waals surface area (Å²) >= 11 is 0. The maximum Gasteiger partial charge on any atom is 0.0712 e. The summed E-state index contributed by atoms with van der Waals surface area (Å²) in [5.41, 5.74) is 0. The lowest BCUT2D eigenvalue weighted by molar-refractivity contribution is 0.0239. The van der Waals surface area contributed by atoms with Crippen molar-refractivity contribution in [3.8, 4) is 0 Å². The minimum absolute atomic E-state index is 0.433. The number of hydrogen-bond donors (Lipinski definition) is 2. The van der Waals surface area contributed by atoms with E-state index in [0.29, 0.717) is 6.10 Å². The van der Waals surface area contributed by atoms with E-state index >= 15 is 0 Å². The predicted molar refractivity (Wildman–Crippen MR) is 59.6 cm³/mol. The van der Waals surface area contributed by atoms with E-state index in [9.17, 15) is 0 Å². The van der Waals surface area contributed by atoms with Gasteiger partial charge in [0.25, 0.3) is 0 Å². The molecule has 2 N–H and O–H groups in total. The summed E-state index contributed by atoms with van der Waals surface area (Å²) in [7, 11) is 0. The summed E-state index contributed by atoms with van der Waals surface area (Å²) in [6.07, 6.45) is 5.52. The molecule has 84 valence electrons. The van der Waals surface area contributed by atoms with Crippen LogP contribution in [-0.2, 0) is 4.74 Å². The Morgan fingerprint density at radius 1 is 1.36 bits per heavy atom. The van der Waals surface area contributed by atoms with Gasteiger partial charge >= 0.3 is 0 Å². The second kappa shape index (κ2) is 8.21. The van der Waals surface area contributed by atoms with Gasteiger partial charge in [-0.3, -0.25) is 0 Å². The zero-order valence-electron chi connectivity index (χ0n) is 9.35. The van der Waals surface area contributed by atoms with Crippen LogP contribution in [0.5, 0.6) is 0 Å². The Kier molecular flexibility index (Phi) is 7.01. The smallest absolute Gasteiger partial charge is 0.0712 e. The number of unbranched alkanes of at least 4 members (excludes halogenated alkanes) is 2. The van der Waals surface area contributed by atoms with E-state index in [1.54, 1.807) is 0 Å². The summed E-state index contributed by atoms with van der Waals surface area (Å²) < 4.78 is 5.60. The molecule has 1 rings (SSSR count). The highest BCUT2D eigenvalue weighted by Crippen LogP contribution is 2.00. The van der Waals surface area contributed by atoms with Crippen LogP contribution in [0.25, 0.3) is 0 Å². The van der Waals surface area contributed by atoms with Crippen molar-refractivity contribution in [2.24, 2.45) is 0 Å². The molecule has 0 radical (unpaired) electrons. The molecular formula is C11H24N2O. The average molecular weight is 200 g/mol. The molecule has 0 aromatic heterocycles. The molecule has 0 bridgehead atoms. The number of ether oxygens (including phenoxy) is 1. The number of hydrogen-bond acceptors (Lipinski definition) is 3. The number of rotatable bonds is 7. The molecule has 3 nitrogen and oxygen atoms in total. The molecule has 0 aliphatic carbocycles. The van der Waals surface area contributed by atoms with Crippen molar-refractivity contribution >= 4 is 0 Å². The summed E-state index contributed by atoms with van der Waals surface area (Å²) in [5.74, 6) is 0. The fraction of sp³-hybridized carbons (Fsp3) is 1.00. The molecule has 1 heterocycles. The van der Waals surface area contributed by atoms with E-state index < -0.39 is 0 Å². The maximum atomic E-state index is 5.60. The van der Waals surface area contributed by atoms with Gasteiger partial charge in [0.1, 0.15) is 0 Å². The van der Waals surface area contributed by atoms with Gasteiger partial charge < -0.3 is 15.4 Å². The summed E-state index contributed by atoms with van der Waals surface area (Å²) in [4.78, 5) is 0. The lowest BCUT2D eigenvalue weighted by atomic mass is 10.2. The second-order valence-corrected chi connectivity index (χ2v) is 3.94. The Bertz CT molecular complexity index is 124. The number of morpholine rings is 1. The van der Waals surface area contributed by atoms with E-state index in [1.165, 1.54) is 19.3 Å². The topological polar surface area (TPSA) is 33.3 Å². The van der Waals surface area contributed by atoms with E-state index in [1.807, 2.05) is 0 Å². The lowest BCUT2D eigenvalue weighted by Gasteiger charge is -2.23. The quantitative estimate of drug-likeness (QED) is 0.605. The first-order valence-corrected chi connectivity index (χ1v) is 5.96. The van der Waals surface area contributed by atoms with Crippen LogP contribution in [0.15, 0.2) is 0 Å². The van der Waals surface area contributed by atoms with E-state index in [2.05, 4.69) is 17.6 Å². The van der Waals surface area contributed by atoms with Crippen LogP contribution in [0.1, 0.15) is 32.6 Å². The van der Waals surface area contributed by atoms with Gasteiger partial charge in [-0.25, -0.2) is 0 Å². The van der Waals surface area contributed by atoms with Gasteiger partial charge in [-0.1, -0.05) is 19.8 Å². The summed E-state index contributed by atoms with van der Waals surface area (Å²) in [5, 5.41) is 6.80. The fourth-order valence-corrected chi connectivity index (χ4v) is 1.69. The summed E-state index contributed by atoms with van der Waals surface area (Å²) in [6.45, 7) is 7.41. The van der Waals surface area contributed by atoms with E-state index in [0.717, 1.165) is 39.2 Å². The van der Waals surface area contributed by atoms with Crippen molar-refractivity contribution < 1.29 is 4.74 Å². The zero-order chi connectivity index (χ0) is 10.1. The van der Waals surface area contributed by atoms with Crippen molar-refractivity contribution in [2.45, 2.75) is 38.7 Å². The molecule has 1 fully saturated rings. The lowest BCUT2D eigenvalue weighted by Crippen LogP contribution is -2.40. The average Bonchev–Trinajstić information content (AvgIpc) is 2.25. The first-order chi connectivity index (χ1) is 6.93. The molecule has 0 saturated carbocycles. The Morgan fingerprint density at radius 3 is 3.00 bits per heavy atom. The number of nitrogens with one attached hydrogen (secondary N) is 2. The van der Waals surface area contributed by atoms with Crippen LogP contribution in [-0.4, -0.2) is 38.9 Å². The van der Waals surface area contributed by atoms with E-state index in [-0.39, 0.29) is 0 Å². The summed E-state index contributed by atoms with van der Waals surface area (Å²) in [6, 6.07) is 0. The van der Waals surface area contributed by atoms with Crippen molar-refractivity contribution in [1.82, 2.24) is 10.6 Å². The van der Waals surface area contributed by atoms with Gasteiger partial charge in [-0.15, -0.1) is 0 Å². The van der Waals surface area contributed by atoms with Crippen LogP contribution in [0, 0.1) is 0 Å². The molecule has 1 aliphatic rings. The third kappa shape index (κ3) is 5.58. The molecule has 1 unspecified atom stereocenters. The van der Waals surface area contributed by atoms with Gasteiger partial charge in [0.2, 0.25) is 0 Å². The van der Waals surface area contributed by atoms with Crippen molar-refractivity contribution in [3.63, 3.8) is 0 Å². The molecule has 1 atom stereocenters. The van der Waals surface area contributed by atoms with Crippen LogP contribution in [0.4, 0.5) is 0 Å². The van der Waals surface area contributed by atoms with Crippen molar-refractivity contribution in [3.05, 3.63) is 0 Å². The molecule has 0 aromatic rings. The predicted octanol–water partition coefficient (Wildman–Crippen LogP) is 1.14.